The van der Waals surface area contributed by atoms with Gasteiger partial charge in [-0.2, -0.15) is 11.3 Å². The number of nitrogens with zero attached hydrogens (tertiary/aromatic N) is 2. The molecule has 168 valence electrons. The Kier molecular flexibility index (Phi) is 6.18. The maximum Gasteiger partial charge on any atom is 0.254 e. The molecule has 2 amide bonds. The lowest BCUT2D eigenvalue weighted by Gasteiger charge is -2.41. The summed E-state index contributed by atoms with van der Waals surface area (Å²) in [7, 11) is 1.95. The maximum absolute atomic E-state index is 13.2. The molecule has 1 saturated carbocycles. The van der Waals surface area contributed by atoms with Gasteiger partial charge < -0.3 is 9.80 Å². The van der Waals surface area contributed by atoms with Crippen LogP contribution in [0.4, 0.5) is 0 Å². The smallest absolute Gasteiger partial charge is 0.254 e. The summed E-state index contributed by atoms with van der Waals surface area (Å²) >= 11 is 1.56. The van der Waals surface area contributed by atoms with Gasteiger partial charge in [-0.05, 0) is 66.9 Å². The van der Waals surface area contributed by atoms with Gasteiger partial charge in [0, 0.05) is 37.5 Å². The van der Waals surface area contributed by atoms with Crippen molar-refractivity contribution in [3.63, 3.8) is 0 Å². The average molecular weight is 449 g/mol. The summed E-state index contributed by atoms with van der Waals surface area (Å²) in [6.07, 6.45) is 9.54. The number of amides is 2. The number of likely N-dealkylation sites (tertiary alicyclic amines) is 1. The molecule has 1 aliphatic heterocycles. The number of carbonyl (C=O) groups is 2. The van der Waals surface area contributed by atoms with Gasteiger partial charge in [-0.25, -0.2) is 0 Å². The van der Waals surface area contributed by atoms with Crippen LogP contribution < -0.4 is 0 Å². The Morgan fingerprint density at radius 3 is 2.50 bits per heavy atom. The van der Waals surface area contributed by atoms with E-state index in [0.717, 1.165) is 44.3 Å². The summed E-state index contributed by atoms with van der Waals surface area (Å²) in [5.74, 6) is 2.14. The average Bonchev–Trinajstić information content (AvgIpc) is 3.61. The molecule has 2 aromatic rings. The molecule has 2 fully saturated rings. The normalized spacial score (nSPS) is 25.8. The second-order valence-corrected chi connectivity index (χ2v) is 10.5. The van der Waals surface area contributed by atoms with Gasteiger partial charge in [0.05, 0.1) is 5.56 Å². The number of hydrogen-bond acceptors (Lipinski definition) is 3. The number of allylic oxidation sites excluding steroid dienone is 2. The lowest BCUT2D eigenvalue weighted by atomic mass is 9.84. The summed E-state index contributed by atoms with van der Waals surface area (Å²) in [5, 5.41) is 3.89. The van der Waals surface area contributed by atoms with Crippen LogP contribution in [0.1, 0.15) is 41.6 Å². The third-order valence-electron chi connectivity index (χ3n) is 7.87. The molecule has 0 N–H and O–H groups in total. The minimum absolute atomic E-state index is 0.0967. The number of thiophene rings is 1. The minimum atomic E-state index is 0.0967. The van der Waals surface area contributed by atoms with Crippen molar-refractivity contribution >= 4 is 23.2 Å². The molecule has 4 nitrogen and oxygen atoms in total. The van der Waals surface area contributed by atoms with Gasteiger partial charge >= 0.3 is 0 Å². The first kappa shape index (κ1) is 21.4. The van der Waals surface area contributed by atoms with Gasteiger partial charge in [0.2, 0.25) is 5.91 Å². The number of rotatable bonds is 6. The number of benzene rings is 1. The zero-order valence-electron chi connectivity index (χ0n) is 18.7. The van der Waals surface area contributed by atoms with Crippen LogP contribution in [0.2, 0.25) is 0 Å². The van der Waals surface area contributed by atoms with Crippen molar-refractivity contribution in [2.24, 2.45) is 23.7 Å². The Labute approximate surface area is 194 Å². The van der Waals surface area contributed by atoms with E-state index in [2.05, 4.69) is 41.3 Å². The lowest BCUT2D eigenvalue weighted by molar-refractivity contribution is -0.138. The summed E-state index contributed by atoms with van der Waals surface area (Å²) < 4.78 is 0. The van der Waals surface area contributed by atoms with E-state index >= 15 is 0 Å². The standard InChI is InChI=1S/C27H32N2O2S/c1-28(26(30)23-11-14-32-18-23)25(17-19-5-3-2-4-6-19)21-9-12-29(13-10-21)27(31)24-16-20-7-8-22(24)15-20/h2-8,11,14,18,20-22,24-25H,9-10,12-13,15-17H2,1H3/t20-,22+,24+,25+/m1/s1. The molecule has 0 radical (unpaired) electrons. The molecule has 0 spiro atoms. The zero-order chi connectivity index (χ0) is 22.1. The molecule has 2 aliphatic carbocycles. The molecular weight excluding hydrogens is 416 g/mol. The minimum Gasteiger partial charge on any atom is -0.342 e. The predicted octanol–water partition coefficient (Wildman–Crippen LogP) is 4.88. The molecular formula is C27H32N2O2S. The van der Waals surface area contributed by atoms with Gasteiger partial charge in [-0.1, -0.05) is 42.5 Å². The molecule has 32 heavy (non-hydrogen) atoms. The Morgan fingerprint density at radius 2 is 1.88 bits per heavy atom. The predicted molar refractivity (Wildman–Crippen MR) is 128 cm³/mol. The Morgan fingerprint density at radius 1 is 1.09 bits per heavy atom. The van der Waals surface area contributed by atoms with Crippen molar-refractivity contribution in [2.45, 2.75) is 38.1 Å². The molecule has 1 aromatic heterocycles. The molecule has 5 rings (SSSR count). The number of hydrogen-bond donors (Lipinski definition) is 0. The molecule has 3 aliphatic rings. The van der Waals surface area contributed by atoms with Gasteiger partial charge in [0.25, 0.3) is 5.91 Å². The number of fused-ring (bicyclic) bond motifs is 2. The van der Waals surface area contributed by atoms with E-state index in [1.807, 2.05) is 34.8 Å². The summed E-state index contributed by atoms with van der Waals surface area (Å²) in [4.78, 5) is 30.4. The van der Waals surface area contributed by atoms with Crippen molar-refractivity contribution in [3.05, 3.63) is 70.4 Å². The van der Waals surface area contributed by atoms with Crippen LogP contribution in [0.25, 0.3) is 0 Å². The van der Waals surface area contributed by atoms with Crippen molar-refractivity contribution in [2.75, 3.05) is 20.1 Å². The quantitative estimate of drug-likeness (QED) is 0.591. The van der Waals surface area contributed by atoms with E-state index in [1.165, 1.54) is 12.0 Å². The van der Waals surface area contributed by atoms with Crippen molar-refractivity contribution in [3.8, 4) is 0 Å². The van der Waals surface area contributed by atoms with Gasteiger partial charge in [-0.15, -0.1) is 0 Å². The lowest BCUT2D eigenvalue weighted by Crippen LogP contribution is -2.49. The molecule has 5 heteroatoms. The zero-order valence-corrected chi connectivity index (χ0v) is 19.5. The summed E-state index contributed by atoms with van der Waals surface area (Å²) in [5.41, 5.74) is 2.03. The Hall–Kier alpha value is -2.40. The van der Waals surface area contributed by atoms with Crippen LogP contribution >= 0.6 is 11.3 Å². The fourth-order valence-corrected chi connectivity index (χ4v) is 6.65. The highest BCUT2D eigenvalue weighted by molar-refractivity contribution is 7.08. The van der Waals surface area contributed by atoms with Crippen LogP contribution in [0.3, 0.4) is 0 Å². The first-order valence-electron chi connectivity index (χ1n) is 11.9. The summed E-state index contributed by atoms with van der Waals surface area (Å²) in [6.45, 7) is 1.62. The third-order valence-corrected chi connectivity index (χ3v) is 8.55. The van der Waals surface area contributed by atoms with E-state index in [-0.39, 0.29) is 17.9 Å². The number of likely N-dealkylation sites (N-methyl/N-ethyl adjacent to an activating group) is 1. The summed E-state index contributed by atoms with van der Waals surface area (Å²) in [6, 6.07) is 12.5. The molecule has 0 unspecified atom stereocenters. The highest BCUT2D eigenvalue weighted by Crippen LogP contribution is 2.44. The van der Waals surface area contributed by atoms with E-state index in [4.69, 9.17) is 0 Å². The van der Waals surface area contributed by atoms with Crippen molar-refractivity contribution < 1.29 is 9.59 Å². The Balaban J connectivity index is 1.27. The monoisotopic (exact) mass is 448 g/mol. The van der Waals surface area contributed by atoms with E-state index in [1.54, 1.807) is 11.3 Å². The van der Waals surface area contributed by atoms with E-state index in [0.29, 0.717) is 23.7 Å². The van der Waals surface area contributed by atoms with Crippen LogP contribution in [0.15, 0.2) is 59.3 Å². The Bertz CT molecular complexity index is 963. The molecule has 1 aromatic carbocycles. The number of carbonyl (C=O) groups excluding carboxylic acids is 2. The first-order valence-corrected chi connectivity index (χ1v) is 12.8. The van der Waals surface area contributed by atoms with Gasteiger partial charge in [0.15, 0.2) is 0 Å². The number of piperidine rings is 1. The maximum atomic E-state index is 13.2. The fourth-order valence-electron chi connectivity index (χ4n) is 6.02. The fraction of sp³-hybridized carbons (Fsp3) is 0.481. The molecule has 1 saturated heterocycles. The third kappa shape index (κ3) is 4.27. The highest BCUT2D eigenvalue weighted by Gasteiger charge is 2.42. The molecule has 2 bridgehead atoms. The van der Waals surface area contributed by atoms with E-state index < -0.39 is 0 Å². The first-order chi connectivity index (χ1) is 15.6. The second-order valence-electron chi connectivity index (χ2n) is 9.73. The topological polar surface area (TPSA) is 40.6 Å². The van der Waals surface area contributed by atoms with Crippen LogP contribution in [0.5, 0.6) is 0 Å². The largest absolute Gasteiger partial charge is 0.342 e. The van der Waals surface area contributed by atoms with Crippen molar-refractivity contribution in [1.82, 2.24) is 9.80 Å². The van der Waals surface area contributed by atoms with E-state index in [9.17, 15) is 9.59 Å². The molecule has 4 atom stereocenters. The molecule has 2 heterocycles. The van der Waals surface area contributed by atoms with Crippen LogP contribution in [-0.2, 0) is 11.2 Å². The van der Waals surface area contributed by atoms with Crippen molar-refractivity contribution in [1.29, 1.82) is 0 Å². The van der Waals surface area contributed by atoms with Gasteiger partial charge in [0.1, 0.15) is 0 Å². The highest BCUT2D eigenvalue weighted by atomic mass is 32.1. The van der Waals surface area contributed by atoms with Crippen LogP contribution in [-0.4, -0.2) is 47.8 Å². The second kappa shape index (κ2) is 9.22. The van der Waals surface area contributed by atoms with Gasteiger partial charge in [-0.3, -0.25) is 9.59 Å². The van der Waals surface area contributed by atoms with Crippen LogP contribution in [0, 0.1) is 23.7 Å². The SMILES string of the molecule is CN(C(=O)c1ccsc1)[C@@H](Cc1ccccc1)C1CCN(C(=O)[C@H]2C[C@@H]3C=C[C@H]2C3)CC1.